The molecule has 0 spiro atoms. The third-order valence-corrected chi connectivity index (χ3v) is 1.60. The van der Waals surface area contributed by atoms with Crippen molar-refractivity contribution in [3.05, 3.63) is 23.8 Å². The zero-order chi connectivity index (χ0) is 9.42. The Balaban J connectivity index is 2.68. The second kappa shape index (κ2) is 2.55. The van der Waals surface area contributed by atoms with Gasteiger partial charge < -0.3 is 9.52 Å². The highest BCUT2D eigenvalue weighted by molar-refractivity contribution is 5.89. The fourth-order valence-electron chi connectivity index (χ4n) is 1.04. The van der Waals surface area contributed by atoms with E-state index in [1.807, 2.05) is 0 Å². The van der Waals surface area contributed by atoms with Crippen molar-refractivity contribution in [2.24, 2.45) is 0 Å². The Kier molecular flexibility index (Phi) is 1.51. The normalized spacial score (nSPS) is 10.5. The molecule has 0 aliphatic carbocycles. The summed E-state index contributed by atoms with van der Waals surface area (Å²) in [6, 6.07) is 1.38. The number of rotatable bonds is 1. The fraction of sp³-hybridized carbons (Fsp3) is 0.125. The smallest absolute Gasteiger partial charge is 0.371 e. The Bertz CT molecular complexity index is 475. The van der Waals surface area contributed by atoms with Crippen molar-refractivity contribution in [1.29, 1.82) is 0 Å². The number of carbonyl (C=O) groups is 1. The molecule has 0 radical (unpaired) electrons. The highest BCUT2D eigenvalue weighted by Crippen LogP contribution is 2.15. The number of carboxylic acids is 1. The molecule has 0 aliphatic heterocycles. The van der Waals surface area contributed by atoms with Crippen LogP contribution in [-0.2, 0) is 0 Å². The topological polar surface area (TPSA) is 76.2 Å². The van der Waals surface area contributed by atoms with Crippen LogP contribution in [-0.4, -0.2) is 21.0 Å². The van der Waals surface area contributed by atoms with Crippen molar-refractivity contribution in [1.82, 2.24) is 9.97 Å². The first-order valence-corrected chi connectivity index (χ1v) is 3.63. The maximum Gasteiger partial charge on any atom is 0.371 e. The molecule has 1 N–H and O–H groups in total. The van der Waals surface area contributed by atoms with E-state index in [0.717, 1.165) is 0 Å². The van der Waals surface area contributed by atoms with Crippen LogP contribution in [0.1, 0.15) is 16.4 Å². The van der Waals surface area contributed by atoms with Crippen LogP contribution in [0.2, 0.25) is 0 Å². The molecule has 0 aliphatic rings. The highest BCUT2D eigenvalue weighted by atomic mass is 16.4. The van der Waals surface area contributed by atoms with E-state index in [1.165, 1.54) is 12.3 Å². The molecule has 5 heteroatoms. The third kappa shape index (κ3) is 1.24. The predicted molar refractivity (Wildman–Crippen MR) is 43.5 cm³/mol. The Morgan fingerprint density at radius 3 is 3.08 bits per heavy atom. The molecule has 66 valence electrons. The summed E-state index contributed by atoms with van der Waals surface area (Å²) in [7, 11) is 0. The predicted octanol–water partition coefficient (Wildman–Crippen LogP) is 1.23. The molecule has 0 aromatic carbocycles. The summed E-state index contributed by atoms with van der Waals surface area (Å²) in [6.45, 7) is 1.73. The van der Waals surface area contributed by atoms with Gasteiger partial charge in [-0.15, -0.1) is 0 Å². The lowest BCUT2D eigenvalue weighted by atomic mass is 10.4. The van der Waals surface area contributed by atoms with Gasteiger partial charge in [0.15, 0.2) is 5.58 Å². The molecule has 2 heterocycles. The van der Waals surface area contributed by atoms with Crippen molar-refractivity contribution in [3.63, 3.8) is 0 Å². The first kappa shape index (κ1) is 7.72. The minimum Gasteiger partial charge on any atom is -0.475 e. The molecule has 0 atom stereocenters. The lowest BCUT2D eigenvalue weighted by Gasteiger charge is -1.87. The van der Waals surface area contributed by atoms with E-state index in [4.69, 9.17) is 9.52 Å². The molecule has 5 nitrogen and oxygen atoms in total. The zero-order valence-corrected chi connectivity index (χ0v) is 6.81. The van der Waals surface area contributed by atoms with E-state index >= 15 is 0 Å². The van der Waals surface area contributed by atoms with Crippen molar-refractivity contribution in [2.75, 3.05) is 0 Å². The second-order valence-corrected chi connectivity index (χ2v) is 2.58. The molecule has 0 saturated carbocycles. The number of nitrogens with zero attached hydrogens (tertiary/aromatic N) is 2. The molecule has 0 unspecified atom stereocenters. The Labute approximate surface area is 73.0 Å². The molecule has 0 saturated heterocycles. The number of aryl methyl sites for hydroxylation is 1. The van der Waals surface area contributed by atoms with E-state index < -0.39 is 5.97 Å². The van der Waals surface area contributed by atoms with Crippen LogP contribution in [0.25, 0.3) is 11.1 Å². The van der Waals surface area contributed by atoms with Crippen LogP contribution in [0.4, 0.5) is 0 Å². The summed E-state index contributed by atoms with van der Waals surface area (Å²) in [4.78, 5) is 18.4. The van der Waals surface area contributed by atoms with Gasteiger partial charge in [0.05, 0.1) is 6.20 Å². The average Bonchev–Trinajstić information content (AvgIpc) is 2.46. The first-order chi connectivity index (χ1) is 6.16. The van der Waals surface area contributed by atoms with E-state index in [-0.39, 0.29) is 5.76 Å². The van der Waals surface area contributed by atoms with E-state index in [9.17, 15) is 4.79 Å². The van der Waals surface area contributed by atoms with Gasteiger partial charge in [0, 0.05) is 6.07 Å². The maximum absolute atomic E-state index is 10.5. The number of furan rings is 1. The van der Waals surface area contributed by atoms with Crippen LogP contribution in [0.3, 0.4) is 0 Å². The highest BCUT2D eigenvalue weighted by Gasteiger charge is 2.11. The molecule has 13 heavy (non-hydrogen) atoms. The Morgan fingerprint density at radius 1 is 1.62 bits per heavy atom. The van der Waals surface area contributed by atoms with Crippen LogP contribution < -0.4 is 0 Å². The zero-order valence-electron chi connectivity index (χ0n) is 6.81. The van der Waals surface area contributed by atoms with Crippen molar-refractivity contribution in [2.45, 2.75) is 6.92 Å². The van der Waals surface area contributed by atoms with E-state index in [1.54, 1.807) is 6.92 Å². The average molecular weight is 178 g/mol. The summed E-state index contributed by atoms with van der Waals surface area (Å²) in [5.41, 5.74) is 0.910. The standard InChI is InChI=1S/C8H6N2O3/c1-4-9-3-7-5(10-4)2-6(13-7)8(11)12/h2-3H,1H3,(H,11,12). The van der Waals surface area contributed by atoms with E-state index in [0.29, 0.717) is 16.9 Å². The molecular weight excluding hydrogens is 172 g/mol. The van der Waals surface area contributed by atoms with Gasteiger partial charge in [-0.05, 0) is 6.92 Å². The number of aromatic nitrogens is 2. The first-order valence-electron chi connectivity index (χ1n) is 3.63. The molecule has 2 aromatic rings. The summed E-state index contributed by atoms with van der Waals surface area (Å²) in [5, 5.41) is 8.61. The molecule has 2 aromatic heterocycles. The summed E-state index contributed by atoms with van der Waals surface area (Å²) >= 11 is 0. The lowest BCUT2D eigenvalue weighted by molar-refractivity contribution is 0.0665. The van der Waals surface area contributed by atoms with Gasteiger partial charge in [-0.1, -0.05) is 0 Å². The number of aromatic carboxylic acids is 1. The minimum absolute atomic E-state index is 0.116. The van der Waals surface area contributed by atoms with Gasteiger partial charge in [-0.25, -0.2) is 14.8 Å². The Hall–Kier alpha value is -1.91. The van der Waals surface area contributed by atoms with Gasteiger partial charge in [0.1, 0.15) is 11.3 Å². The van der Waals surface area contributed by atoms with Gasteiger partial charge >= 0.3 is 5.97 Å². The Morgan fingerprint density at radius 2 is 2.38 bits per heavy atom. The molecule has 0 bridgehead atoms. The number of carboxylic acid groups (broad SMARTS) is 1. The van der Waals surface area contributed by atoms with E-state index in [2.05, 4.69) is 9.97 Å². The van der Waals surface area contributed by atoms with Crippen molar-refractivity contribution >= 4 is 17.1 Å². The minimum atomic E-state index is -1.10. The summed E-state index contributed by atoms with van der Waals surface area (Å²) in [6.07, 6.45) is 1.46. The number of hydrogen-bond acceptors (Lipinski definition) is 4. The molecular formula is C8H6N2O3. The molecule has 2 rings (SSSR count). The molecule has 0 amide bonds. The number of fused-ring (bicyclic) bond motifs is 1. The third-order valence-electron chi connectivity index (χ3n) is 1.60. The SMILES string of the molecule is Cc1ncc2oc(C(=O)O)cc2n1. The number of hydrogen-bond donors (Lipinski definition) is 1. The monoisotopic (exact) mass is 178 g/mol. The van der Waals surface area contributed by atoms with Crippen LogP contribution in [0.5, 0.6) is 0 Å². The van der Waals surface area contributed by atoms with Crippen LogP contribution in [0, 0.1) is 6.92 Å². The maximum atomic E-state index is 10.5. The largest absolute Gasteiger partial charge is 0.475 e. The summed E-state index contributed by atoms with van der Waals surface area (Å²) in [5.74, 6) is -0.629. The van der Waals surface area contributed by atoms with Gasteiger partial charge in [0.25, 0.3) is 0 Å². The quantitative estimate of drug-likeness (QED) is 0.710. The molecule has 0 fully saturated rings. The van der Waals surface area contributed by atoms with Gasteiger partial charge in [-0.3, -0.25) is 0 Å². The van der Waals surface area contributed by atoms with Crippen LogP contribution >= 0.6 is 0 Å². The van der Waals surface area contributed by atoms with Gasteiger partial charge in [0.2, 0.25) is 5.76 Å². The van der Waals surface area contributed by atoms with Gasteiger partial charge in [-0.2, -0.15) is 0 Å². The van der Waals surface area contributed by atoms with Crippen molar-refractivity contribution in [3.8, 4) is 0 Å². The lowest BCUT2D eigenvalue weighted by Crippen LogP contribution is -1.91. The summed E-state index contributed by atoms with van der Waals surface area (Å²) < 4.78 is 4.96. The van der Waals surface area contributed by atoms with Crippen LogP contribution in [0.15, 0.2) is 16.7 Å². The fourth-order valence-corrected chi connectivity index (χ4v) is 1.04. The van der Waals surface area contributed by atoms with Crippen molar-refractivity contribution < 1.29 is 14.3 Å². The second-order valence-electron chi connectivity index (χ2n) is 2.58.